The van der Waals surface area contributed by atoms with E-state index < -0.39 is 0 Å². The fourth-order valence-electron chi connectivity index (χ4n) is 3.80. The van der Waals surface area contributed by atoms with Crippen LogP contribution in [0.2, 0.25) is 0 Å². The van der Waals surface area contributed by atoms with E-state index in [-0.39, 0.29) is 5.41 Å². The van der Waals surface area contributed by atoms with E-state index in [4.69, 9.17) is 0 Å². The molecule has 2 aromatic rings. The largest absolute Gasteiger partial charge is 0.237 e. The van der Waals surface area contributed by atoms with Crippen LogP contribution in [0.4, 0.5) is 0 Å². The third-order valence-electron chi connectivity index (χ3n) is 5.43. The minimum atomic E-state index is 0.216. The second-order valence-electron chi connectivity index (χ2n) is 7.65. The molecule has 0 amide bonds. The fraction of sp³-hybridized carbons (Fsp3) is 0.609. The van der Waals surface area contributed by atoms with Crippen molar-refractivity contribution in [2.75, 3.05) is 0 Å². The highest BCUT2D eigenvalue weighted by Crippen LogP contribution is 2.36. The zero-order valence-corrected chi connectivity index (χ0v) is 16.5. The summed E-state index contributed by atoms with van der Waals surface area (Å²) in [4.78, 5) is 0. The molecule has 0 aliphatic heterocycles. The van der Waals surface area contributed by atoms with Crippen molar-refractivity contribution in [2.24, 2.45) is 0 Å². The van der Waals surface area contributed by atoms with Gasteiger partial charge in [0.1, 0.15) is 0 Å². The Bertz CT molecular complexity index is 587. The van der Waals surface area contributed by atoms with Gasteiger partial charge in [-0.25, -0.2) is 4.68 Å². The van der Waals surface area contributed by atoms with E-state index >= 15 is 0 Å². The highest BCUT2D eigenvalue weighted by atomic mass is 15.3. The number of unbranched alkanes of at least 4 members (excludes halogenated alkanes) is 6. The molecule has 1 heterocycles. The molecule has 1 unspecified atom stereocenters. The number of hydrogen-bond donors (Lipinski definition) is 0. The Morgan fingerprint density at radius 1 is 0.800 bits per heavy atom. The van der Waals surface area contributed by atoms with Gasteiger partial charge in [0.25, 0.3) is 0 Å². The van der Waals surface area contributed by atoms with Crippen LogP contribution in [-0.2, 0) is 5.41 Å². The zero-order chi connectivity index (χ0) is 18.0. The van der Waals surface area contributed by atoms with Crippen molar-refractivity contribution in [3.8, 4) is 5.69 Å². The summed E-state index contributed by atoms with van der Waals surface area (Å²) in [7, 11) is 0. The van der Waals surface area contributed by atoms with Crippen molar-refractivity contribution in [1.82, 2.24) is 9.78 Å². The van der Waals surface area contributed by atoms with Gasteiger partial charge in [-0.15, -0.1) is 0 Å². The van der Waals surface area contributed by atoms with Crippen molar-refractivity contribution in [3.63, 3.8) is 0 Å². The quantitative estimate of drug-likeness (QED) is 0.378. The van der Waals surface area contributed by atoms with E-state index in [9.17, 15) is 0 Å². The van der Waals surface area contributed by atoms with E-state index in [0.29, 0.717) is 0 Å². The monoisotopic (exact) mass is 340 g/mol. The maximum absolute atomic E-state index is 4.66. The SMILES string of the molecule is CCCCCCCC(C)(CCCCC)c1ccnn1-c1ccccc1. The molecule has 0 saturated carbocycles. The summed E-state index contributed by atoms with van der Waals surface area (Å²) in [6.07, 6.45) is 15.1. The van der Waals surface area contributed by atoms with Gasteiger partial charge in [0.15, 0.2) is 0 Å². The standard InChI is InChI=1S/C23H36N2/c1-4-6-8-9-14-19-23(3,18-13-7-5-2)22-17-20-24-25(22)21-15-11-10-12-16-21/h10-12,15-17,20H,4-9,13-14,18-19H2,1-3H3. The molecule has 0 aliphatic rings. The van der Waals surface area contributed by atoms with Gasteiger partial charge < -0.3 is 0 Å². The summed E-state index contributed by atoms with van der Waals surface area (Å²) in [5.74, 6) is 0. The molecule has 0 saturated heterocycles. The summed E-state index contributed by atoms with van der Waals surface area (Å²) < 4.78 is 2.16. The molecule has 1 atom stereocenters. The van der Waals surface area contributed by atoms with Crippen molar-refractivity contribution < 1.29 is 0 Å². The van der Waals surface area contributed by atoms with Crippen LogP contribution in [0.3, 0.4) is 0 Å². The first kappa shape index (κ1) is 19.8. The van der Waals surface area contributed by atoms with E-state index in [1.165, 1.54) is 75.6 Å². The molecule has 0 bridgehead atoms. The molecular weight excluding hydrogens is 304 g/mol. The smallest absolute Gasteiger partial charge is 0.0649 e. The molecule has 1 aromatic carbocycles. The van der Waals surface area contributed by atoms with Crippen molar-refractivity contribution in [3.05, 3.63) is 48.3 Å². The molecular formula is C23H36N2. The first-order valence-corrected chi connectivity index (χ1v) is 10.3. The molecule has 0 N–H and O–H groups in total. The Morgan fingerprint density at radius 3 is 2.08 bits per heavy atom. The summed E-state index contributed by atoms with van der Waals surface area (Å²) in [6, 6.07) is 12.8. The molecule has 2 heteroatoms. The third-order valence-corrected chi connectivity index (χ3v) is 5.43. The lowest BCUT2D eigenvalue weighted by atomic mass is 9.77. The van der Waals surface area contributed by atoms with Gasteiger partial charge in [-0.2, -0.15) is 5.10 Å². The van der Waals surface area contributed by atoms with Gasteiger partial charge >= 0.3 is 0 Å². The minimum absolute atomic E-state index is 0.216. The maximum atomic E-state index is 4.66. The molecule has 138 valence electrons. The second-order valence-corrected chi connectivity index (χ2v) is 7.65. The number of hydrogen-bond acceptors (Lipinski definition) is 1. The topological polar surface area (TPSA) is 17.8 Å². The number of benzene rings is 1. The van der Waals surface area contributed by atoms with Crippen LogP contribution in [0.15, 0.2) is 42.6 Å². The Labute approximate surface area is 154 Å². The first-order chi connectivity index (χ1) is 12.2. The van der Waals surface area contributed by atoms with Gasteiger partial charge in [0.05, 0.1) is 11.4 Å². The number of para-hydroxylation sites is 1. The number of aromatic nitrogens is 2. The van der Waals surface area contributed by atoms with Crippen LogP contribution in [0.5, 0.6) is 0 Å². The molecule has 0 radical (unpaired) electrons. The van der Waals surface area contributed by atoms with Gasteiger partial charge in [-0.1, -0.05) is 90.3 Å². The van der Waals surface area contributed by atoms with Crippen molar-refractivity contribution in [1.29, 1.82) is 0 Å². The molecule has 0 fully saturated rings. The molecule has 2 rings (SSSR count). The predicted octanol–water partition coefficient (Wildman–Crippen LogP) is 7.07. The molecule has 1 aromatic heterocycles. The fourth-order valence-corrected chi connectivity index (χ4v) is 3.80. The average Bonchev–Trinajstić information content (AvgIpc) is 3.13. The van der Waals surface area contributed by atoms with Gasteiger partial charge in [0, 0.05) is 11.6 Å². The average molecular weight is 341 g/mol. The normalized spacial score (nSPS) is 13.7. The minimum Gasteiger partial charge on any atom is -0.237 e. The maximum Gasteiger partial charge on any atom is 0.0649 e. The van der Waals surface area contributed by atoms with E-state index in [1.54, 1.807) is 0 Å². The van der Waals surface area contributed by atoms with Gasteiger partial charge in [-0.05, 0) is 31.0 Å². The lowest BCUT2D eigenvalue weighted by molar-refractivity contribution is 0.349. The molecule has 0 spiro atoms. The van der Waals surface area contributed by atoms with Crippen LogP contribution in [0, 0.1) is 0 Å². The predicted molar refractivity (Wildman–Crippen MR) is 108 cm³/mol. The molecule has 0 aliphatic carbocycles. The highest BCUT2D eigenvalue weighted by molar-refractivity contribution is 5.34. The summed E-state index contributed by atoms with van der Waals surface area (Å²) in [6.45, 7) is 7.03. The van der Waals surface area contributed by atoms with Crippen LogP contribution in [0.25, 0.3) is 5.69 Å². The van der Waals surface area contributed by atoms with Gasteiger partial charge in [-0.3, -0.25) is 0 Å². The number of rotatable bonds is 12. The van der Waals surface area contributed by atoms with Crippen LogP contribution in [0.1, 0.15) is 90.7 Å². The van der Waals surface area contributed by atoms with Crippen LogP contribution in [-0.4, -0.2) is 9.78 Å². The van der Waals surface area contributed by atoms with Crippen molar-refractivity contribution in [2.45, 2.75) is 90.4 Å². The summed E-state index contributed by atoms with van der Waals surface area (Å²) >= 11 is 0. The van der Waals surface area contributed by atoms with E-state index in [2.05, 4.69) is 66.9 Å². The van der Waals surface area contributed by atoms with Crippen LogP contribution >= 0.6 is 0 Å². The Hall–Kier alpha value is -1.57. The Kier molecular flexibility index (Phi) is 8.24. The highest BCUT2D eigenvalue weighted by Gasteiger charge is 2.29. The third kappa shape index (κ3) is 5.73. The zero-order valence-electron chi connectivity index (χ0n) is 16.5. The Morgan fingerprint density at radius 2 is 1.40 bits per heavy atom. The van der Waals surface area contributed by atoms with E-state index in [0.717, 1.165) is 0 Å². The summed E-state index contributed by atoms with van der Waals surface area (Å²) in [5, 5.41) is 4.66. The first-order valence-electron chi connectivity index (χ1n) is 10.3. The second kappa shape index (κ2) is 10.4. The van der Waals surface area contributed by atoms with Gasteiger partial charge in [0.2, 0.25) is 0 Å². The molecule has 2 nitrogen and oxygen atoms in total. The summed E-state index contributed by atoms with van der Waals surface area (Å²) in [5.41, 5.74) is 2.77. The molecule has 25 heavy (non-hydrogen) atoms. The number of nitrogens with zero attached hydrogens (tertiary/aromatic N) is 2. The van der Waals surface area contributed by atoms with Crippen LogP contribution < -0.4 is 0 Å². The van der Waals surface area contributed by atoms with Crippen molar-refractivity contribution >= 4 is 0 Å². The lowest BCUT2D eigenvalue weighted by Crippen LogP contribution is -2.26. The lowest BCUT2D eigenvalue weighted by Gasteiger charge is -2.31. The van der Waals surface area contributed by atoms with E-state index in [1.807, 2.05) is 6.20 Å². The Balaban J connectivity index is 2.16.